The number of methoxy groups -OCH3 is 1. The summed E-state index contributed by atoms with van der Waals surface area (Å²) in [5.74, 6) is 0.922. The molecule has 1 N–H and O–H groups in total. The number of carbonyl (C=O) groups is 1. The maximum Gasteiger partial charge on any atom is 0.231 e. The van der Waals surface area contributed by atoms with Gasteiger partial charge in [-0.2, -0.15) is 0 Å². The van der Waals surface area contributed by atoms with E-state index in [0.717, 1.165) is 33.2 Å². The summed E-state index contributed by atoms with van der Waals surface area (Å²) in [7, 11) is 1.67. The number of amides is 1. The van der Waals surface area contributed by atoms with Crippen molar-refractivity contribution in [3.63, 3.8) is 0 Å². The number of benzene rings is 2. The number of aryl methyl sites for hydroxylation is 1. The Kier molecular flexibility index (Phi) is 5.48. The maximum absolute atomic E-state index is 12.5. The largest absolute Gasteiger partial charge is 0.497 e. The van der Waals surface area contributed by atoms with E-state index in [1.54, 1.807) is 18.4 Å². The molecule has 0 unspecified atom stereocenters. The highest BCUT2D eigenvalue weighted by Gasteiger charge is 2.34. The zero-order valence-electron chi connectivity index (χ0n) is 16.3. The molecule has 1 saturated heterocycles. The van der Waals surface area contributed by atoms with Crippen molar-refractivity contribution in [2.75, 3.05) is 30.4 Å². The fourth-order valence-electron chi connectivity index (χ4n) is 3.34. The zero-order chi connectivity index (χ0) is 19.5. The highest BCUT2D eigenvalue weighted by Crippen LogP contribution is 2.34. The van der Waals surface area contributed by atoms with Gasteiger partial charge in [0.15, 0.2) is 5.13 Å². The van der Waals surface area contributed by atoms with Gasteiger partial charge in [0.25, 0.3) is 0 Å². The third kappa shape index (κ3) is 3.97. The Bertz CT molecular complexity index is 962. The van der Waals surface area contributed by atoms with Crippen LogP contribution in [0, 0.1) is 5.92 Å². The summed E-state index contributed by atoms with van der Waals surface area (Å²) in [6.45, 7) is 3.61. The number of rotatable bonds is 7. The molecule has 0 saturated carbocycles. The van der Waals surface area contributed by atoms with Gasteiger partial charge in [0, 0.05) is 18.8 Å². The first-order valence-corrected chi connectivity index (χ1v) is 10.6. The van der Waals surface area contributed by atoms with Crippen molar-refractivity contribution in [1.29, 1.82) is 0 Å². The summed E-state index contributed by atoms with van der Waals surface area (Å²) in [6.07, 6.45) is 3.48. The predicted octanol–water partition coefficient (Wildman–Crippen LogP) is 4.72. The molecule has 28 heavy (non-hydrogen) atoms. The molecule has 146 valence electrons. The van der Waals surface area contributed by atoms with E-state index in [1.165, 1.54) is 18.4 Å². The highest BCUT2D eigenvalue weighted by molar-refractivity contribution is 7.22. The van der Waals surface area contributed by atoms with Gasteiger partial charge in [-0.1, -0.05) is 36.8 Å². The van der Waals surface area contributed by atoms with Crippen LogP contribution >= 0.6 is 11.3 Å². The summed E-state index contributed by atoms with van der Waals surface area (Å²) >= 11 is 1.64. The monoisotopic (exact) mass is 395 g/mol. The highest BCUT2D eigenvalue weighted by atomic mass is 32.1. The van der Waals surface area contributed by atoms with Crippen molar-refractivity contribution in [3.8, 4) is 5.75 Å². The van der Waals surface area contributed by atoms with E-state index in [2.05, 4.69) is 34.3 Å². The molecule has 0 aliphatic carbocycles. The minimum atomic E-state index is 0.00122. The van der Waals surface area contributed by atoms with E-state index in [0.29, 0.717) is 13.1 Å². The van der Waals surface area contributed by atoms with Crippen molar-refractivity contribution in [1.82, 2.24) is 4.98 Å². The lowest BCUT2D eigenvalue weighted by Gasteiger charge is -2.37. The average Bonchev–Trinajstić information content (AvgIpc) is 3.08. The lowest BCUT2D eigenvalue weighted by atomic mass is 10.00. The van der Waals surface area contributed by atoms with Crippen LogP contribution in [0.2, 0.25) is 0 Å². The molecule has 0 bridgehead atoms. The fourth-order valence-corrected chi connectivity index (χ4v) is 4.35. The average molecular weight is 396 g/mol. The van der Waals surface area contributed by atoms with Crippen LogP contribution in [0.1, 0.15) is 25.3 Å². The van der Waals surface area contributed by atoms with Crippen molar-refractivity contribution >= 4 is 38.3 Å². The third-order valence-electron chi connectivity index (χ3n) is 5.15. The standard InChI is InChI=1S/C22H25N3O2S/c1-3-4-5-15-6-8-17(9-7-15)23-21(26)16-13-25(14-16)22-24-19-11-10-18(27-2)12-20(19)28-22/h6-12,16H,3-5,13-14H2,1-2H3,(H,23,26). The van der Waals surface area contributed by atoms with Crippen LogP contribution in [0.25, 0.3) is 10.2 Å². The topological polar surface area (TPSA) is 54.5 Å². The van der Waals surface area contributed by atoms with E-state index >= 15 is 0 Å². The van der Waals surface area contributed by atoms with Crippen LogP contribution in [0.4, 0.5) is 10.8 Å². The van der Waals surface area contributed by atoms with Gasteiger partial charge in [0.1, 0.15) is 5.75 Å². The van der Waals surface area contributed by atoms with E-state index in [-0.39, 0.29) is 11.8 Å². The first-order chi connectivity index (χ1) is 13.7. The number of anilines is 2. The van der Waals surface area contributed by atoms with Gasteiger partial charge in [0.05, 0.1) is 23.2 Å². The molecule has 0 radical (unpaired) electrons. The number of hydrogen-bond donors (Lipinski definition) is 1. The molecular formula is C22H25N3O2S. The summed E-state index contributed by atoms with van der Waals surface area (Å²) < 4.78 is 6.38. The second-order valence-corrected chi connectivity index (χ2v) is 8.23. The molecule has 6 heteroatoms. The van der Waals surface area contributed by atoms with Crippen LogP contribution in [0.15, 0.2) is 42.5 Å². The third-order valence-corrected chi connectivity index (χ3v) is 6.23. The minimum absolute atomic E-state index is 0.00122. The molecule has 1 amide bonds. The first-order valence-electron chi connectivity index (χ1n) is 9.75. The normalized spacial score (nSPS) is 14.1. The zero-order valence-corrected chi connectivity index (χ0v) is 17.1. The molecule has 3 aromatic rings. The number of carbonyl (C=O) groups excluding carboxylic acids is 1. The number of fused-ring (bicyclic) bond motifs is 1. The Balaban J connectivity index is 1.32. The van der Waals surface area contributed by atoms with Crippen molar-refractivity contribution in [2.24, 2.45) is 5.92 Å². The molecule has 4 rings (SSSR count). The molecule has 2 heterocycles. The van der Waals surface area contributed by atoms with E-state index in [1.807, 2.05) is 30.3 Å². The van der Waals surface area contributed by atoms with Gasteiger partial charge in [-0.3, -0.25) is 4.79 Å². The summed E-state index contributed by atoms with van der Waals surface area (Å²) in [4.78, 5) is 19.4. The van der Waals surface area contributed by atoms with Gasteiger partial charge >= 0.3 is 0 Å². The van der Waals surface area contributed by atoms with Crippen LogP contribution in [-0.4, -0.2) is 31.1 Å². The van der Waals surface area contributed by atoms with Gasteiger partial charge in [-0.05, 0) is 48.7 Å². The molecule has 1 fully saturated rings. The van der Waals surface area contributed by atoms with E-state index in [9.17, 15) is 4.79 Å². The van der Waals surface area contributed by atoms with Crippen molar-refractivity contribution in [2.45, 2.75) is 26.2 Å². The maximum atomic E-state index is 12.5. The smallest absolute Gasteiger partial charge is 0.231 e. The SMILES string of the molecule is CCCCc1ccc(NC(=O)C2CN(c3nc4ccc(OC)cc4s3)C2)cc1. The molecule has 1 aliphatic heterocycles. The van der Waals surface area contributed by atoms with Crippen LogP contribution in [0.3, 0.4) is 0 Å². The second-order valence-electron chi connectivity index (χ2n) is 7.22. The predicted molar refractivity (Wildman–Crippen MR) is 116 cm³/mol. The van der Waals surface area contributed by atoms with Crippen molar-refractivity contribution < 1.29 is 9.53 Å². The number of nitrogens with one attached hydrogen (secondary N) is 1. The molecule has 5 nitrogen and oxygen atoms in total. The molecule has 1 aliphatic rings. The number of hydrogen-bond acceptors (Lipinski definition) is 5. The second kappa shape index (κ2) is 8.19. The van der Waals surface area contributed by atoms with E-state index < -0.39 is 0 Å². The van der Waals surface area contributed by atoms with Gasteiger partial charge in [-0.25, -0.2) is 4.98 Å². The molecular weight excluding hydrogens is 370 g/mol. The summed E-state index contributed by atoms with van der Waals surface area (Å²) in [6, 6.07) is 14.1. The summed E-state index contributed by atoms with van der Waals surface area (Å²) in [5, 5.41) is 4.01. The fraction of sp³-hybridized carbons (Fsp3) is 0.364. The van der Waals surface area contributed by atoms with Crippen molar-refractivity contribution in [3.05, 3.63) is 48.0 Å². The molecule has 1 aromatic heterocycles. The minimum Gasteiger partial charge on any atom is -0.497 e. The lowest BCUT2D eigenvalue weighted by molar-refractivity contribution is -0.120. The van der Waals surface area contributed by atoms with Crippen LogP contribution < -0.4 is 15.0 Å². The number of aromatic nitrogens is 1. The van der Waals surface area contributed by atoms with Crippen LogP contribution in [-0.2, 0) is 11.2 Å². The van der Waals surface area contributed by atoms with Gasteiger partial charge in [-0.15, -0.1) is 0 Å². The Morgan fingerprint density at radius 1 is 1.25 bits per heavy atom. The van der Waals surface area contributed by atoms with E-state index in [4.69, 9.17) is 4.74 Å². The Morgan fingerprint density at radius 3 is 2.75 bits per heavy atom. The van der Waals surface area contributed by atoms with Crippen LogP contribution in [0.5, 0.6) is 5.75 Å². The number of nitrogens with zero attached hydrogens (tertiary/aromatic N) is 2. The number of thiazole rings is 1. The van der Waals surface area contributed by atoms with Gasteiger partial charge < -0.3 is 15.0 Å². The molecule has 0 atom stereocenters. The Hall–Kier alpha value is -2.60. The Morgan fingerprint density at radius 2 is 2.04 bits per heavy atom. The summed E-state index contributed by atoms with van der Waals surface area (Å²) in [5.41, 5.74) is 3.16. The first kappa shape index (κ1) is 18.7. The molecule has 0 spiro atoms. The quantitative estimate of drug-likeness (QED) is 0.629. The van der Waals surface area contributed by atoms with Gasteiger partial charge in [0.2, 0.25) is 5.91 Å². The number of ether oxygens (including phenoxy) is 1. The molecule has 2 aromatic carbocycles. The Labute approximate surface area is 169 Å². The lowest BCUT2D eigenvalue weighted by Crippen LogP contribution is -2.52. The number of unbranched alkanes of at least 4 members (excludes halogenated alkanes) is 1.